The summed E-state index contributed by atoms with van der Waals surface area (Å²) in [5.74, 6) is 0. The molecule has 0 spiro atoms. The van der Waals surface area contributed by atoms with Crippen LogP contribution in [-0.4, -0.2) is 56.4 Å². The molecule has 0 radical (unpaired) electrons. The number of hydrogen-bond donors (Lipinski definition) is 1. The van der Waals surface area contributed by atoms with E-state index in [0.717, 1.165) is 18.7 Å². The molecule has 0 bridgehead atoms. The Morgan fingerprint density at radius 1 is 1.24 bits per heavy atom. The standard InChI is InChI=1S/C14H28N4O2S/c1-12(2)18-11-14(9-13(18)10-15)21(19,20)17(5)8-6-7-16(3)4/h9,11-12H,6-8,10,15H2,1-5H3. The number of nitrogens with zero attached hydrogens (tertiary/aromatic N) is 3. The fourth-order valence-corrected chi connectivity index (χ4v) is 3.45. The molecule has 0 atom stereocenters. The van der Waals surface area contributed by atoms with Crippen LogP contribution < -0.4 is 5.73 Å². The molecule has 7 heteroatoms. The molecule has 0 fully saturated rings. The normalized spacial score (nSPS) is 12.8. The van der Waals surface area contributed by atoms with Crippen LogP contribution in [0.2, 0.25) is 0 Å². The predicted octanol–water partition coefficient (Wildman–Crippen LogP) is 1.10. The van der Waals surface area contributed by atoms with E-state index in [1.54, 1.807) is 19.3 Å². The van der Waals surface area contributed by atoms with Crippen LogP contribution >= 0.6 is 0 Å². The van der Waals surface area contributed by atoms with Gasteiger partial charge in [0.2, 0.25) is 10.0 Å². The molecule has 2 N–H and O–H groups in total. The molecule has 1 heterocycles. The number of sulfonamides is 1. The lowest BCUT2D eigenvalue weighted by molar-refractivity contribution is 0.370. The van der Waals surface area contributed by atoms with Crippen LogP contribution in [0.4, 0.5) is 0 Å². The first-order chi connectivity index (χ1) is 9.70. The summed E-state index contributed by atoms with van der Waals surface area (Å²) in [5, 5.41) is 0. The molecule has 1 rings (SSSR count). The van der Waals surface area contributed by atoms with Crippen molar-refractivity contribution in [3.05, 3.63) is 18.0 Å². The zero-order chi connectivity index (χ0) is 16.2. The molecule has 1 aromatic heterocycles. The summed E-state index contributed by atoms with van der Waals surface area (Å²) in [7, 11) is 2.13. The second-order valence-electron chi connectivity index (χ2n) is 5.86. The maximum absolute atomic E-state index is 12.6. The highest BCUT2D eigenvalue weighted by Crippen LogP contribution is 2.21. The molecule has 0 saturated heterocycles. The molecule has 1 aromatic rings. The fourth-order valence-electron chi connectivity index (χ4n) is 2.19. The number of hydrogen-bond acceptors (Lipinski definition) is 4. The van der Waals surface area contributed by atoms with Crippen molar-refractivity contribution < 1.29 is 8.42 Å². The smallest absolute Gasteiger partial charge is 0.244 e. The van der Waals surface area contributed by atoms with Gasteiger partial charge in [-0.2, -0.15) is 0 Å². The van der Waals surface area contributed by atoms with Crippen LogP contribution in [0.15, 0.2) is 17.2 Å². The van der Waals surface area contributed by atoms with Crippen molar-refractivity contribution in [3.8, 4) is 0 Å². The van der Waals surface area contributed by atoms with Gasteiger partial charge in [-0.05, 0) is 47.0 Å². The van der Waals surface area contributed by atoms with Crippen molar-refractivity contribution in [1.82, 2.24) is 13.8 Å². The van der Waals surface area contributed by atoms with Crippen LogP contribution in [0.1, 0.15) is 32.0 Å². The van der Waals surface area contributed by atoms with Crippen molar-refractivity contribution in [2.75, 3.05) is 34.2 Å². The van der Waals surface area contributed by atoms with Gasteiger partial charge in [-0.25, -0.2) is 12.7 Å². The third-order valence-electron chi connectivity index (χ3n) is 3.46. The number of nitrogens with two attached hydrogens (primary N) is 1. The second-order valence-corrected chi connectivity index (χ2v) is 7.90. The zero-order valence-corrected chi connectivity index (χ0v) is 14.5. The largest absolute Gasteiger partial charge is 0.346 e. The third kappa shape index (κ3) is 4.54. The lowest BCUT2D eigenvalue weighted by Gasteiger charge is -2.17. The minimum absolute atomic E-state index is 0.187. The Bertz CT molecular complexity index is 549. The average molecular weight is 316 g/mol. The van der Waals surface area contributed by atoms with E-state index in [-0.39, 0.29) is 6.04 Å². The Balaban J connectivity index is 2.92. The quantitative estimate of drug-likeness (QED) is 0.779. The van der Waals surface area contributed by atoms with Crippen LogP contribution in [0.5, 0.6) is 0 Å². The van der Waals surface area contributed by atoms with E-state index < -0.39 is 10.0 Å². The SMILES string of the molecule is CC(C)n1cc(S(=O)(=O)N(C)CCCN(C)C)cc1CN. The van der Waals surface area contributed by atoms with Crippen LogP contribution in [-0.2, 0) is 16.6 Å². The van der Waals surface area contributed by atoms with E-state index in [0.29, 0.717) is 18.0 Å². The van der Waals surface area contributed by atoms with Gasteiger partial charge in [0.15, 0.2) is 0 Å². The minimum atomic E-state index is -3.44. The summed E-state index contributed by atoms with van der Waals surface area (Å²) >= 11 is 0. The van der Waals surface area contributed by atoms with Gasteiger partial charge < -0.3 is 15.2 Å². The zero-order valence-electron chi connectivity index (χ0n) is 13.7. The molecular formula is C14H28N4O2S. The van der Waals surface area contributed by atoms with Gasteiger partial charge in [-0.3, -0.25) is 0 Å². The second kappa shape index (κ2) is 7.40. The van der Waals surface area contributed by atoms with Crippen molar-refractivity contribution in [2.24, 2.45) is 5.73 Å². The minimum Gasteiger partial charge on any atom is -0.346 e. The third-order valence-corrected chi connectivity index (χ3v) is 5.28. The summed E-state index contributed by atoms with van der Waals surface area (Å²) in [6.45, 7) is 5.72. The van der Waals surface area contributed by atoms with E-state index in [9.17, 15) is 8.42 Å². The van der Waals surface area contributed by atoms with E-state index in [1.807, 2.05) is 37.4 Å². The summed E-state index contributed by atoms with van der Waals surface area (Å²) in [5.41, 5.74) is 6.54. The van der Waals surface area contributed by atoms with Gasteiger partial charge in [0.25, 0.3) is 0 Å². The Labute approximate surface area is 128 Å². The molecule has 21 heavy (non-hydrogen) atoms. The van der Waals surface area contributed by atoms with E-state index >= 15 is 0 Å². The Kier molecular flexibility index (Phi) is 6.40. The fraction of sp³-hybridized carbons (Fsp3) is 0.714. The molecule has 6 nitrogen and oxygen atoms in total. The van der Waals surface area contributed by atoms with Crippen molar-refractivity contribution in [2.45, 2.75) is 37.8 Å². The van der Waals surface area contributed by atoms with Gasteiger partial charge in [0, 0.05) is 38.1 Å². The topological polar surface area (TPSA) is 71.6 Å². The van der Waals surface area contributed by atoms with Gasteiger partial charge in [0.05, 0.1) is 0 Å². The predicted molar refractivity (Wildman–Crippen MR) is 85.7 cm³/mol. The lowest BCUT2D eigenvalue weighted by atomic mass is 10.3. The first-order valence-corrected chi connectivity index (χ1v) is 8.66. The monoisotopic (exact) mass is 316 g/mol. The molecule has 0 amide bonds. The van der Waals surface area contributed by atoms with E-state index in [1.165, 1.54) is 4.31 Å². The van der Waals surface area contributed by atoms with E-state index in [2.05, 4.69) is 0 Å². The molecule has 0 aliphatic rings. The summed E-state index contributed by atoms with van der Waals surface area (Å²) < 4.78 is 28.5. The van der Waals surface area contributed by atoms with Crippen LogP contribution in [0, 0.1) is 0 Å². The highest BCUT2D eigenvalue weighted by Gasteiger charge is 2.23. The first-order valence-electron chi connectivity index (χ1n) is 7.22. The van der Waals surface area contributed by atoms with Crippen LogP contribution in [0.3, 0.4) is 0 Å². The van der Waals surface area contributed by atoms with Gasteiger partial charge in [-0.15, -0.1) is 0 Å². The molecule has 0 aromatic carbocycles. The molecule has 122 valence electrons. The maximum Gasteiger partial charge on any atom is 0.244 e. The average Bonchev–Trinajstić information content (AvgIpc) is 2.82. The molecular weight excluding hydrogens is 288 g/mol. The Morgan fingerprint density at radius 2 is 1.86 bits per heavy atom. The summed E-state index contributed by atoms with van der Waals surface area (Å²) in [6, 6.07) is 1.86. The van der Waals surface area contributed by atoms with Crippen molar-refractivity contribution in [1.29, 1.82) is 0 Å². The Hall–Kier alpha value is -0.890. The Morgan fingerprint density at radius 3 is 2.29 bits per heavy atom. The van der Waals surface area contributed by atoms with E-state index in [4.69, 9.17) is 5.73 Å². The lowest BCUT2D eigenvalue weighted by Crippen LogP contribution is -2.29. The van der Waals surface area contributed by atoms with Gasteiger partial charge in [-0.1, -0.05) is 0 Å². The first kappa shape index (κ1) is 18.2. The van der Waals surface area contributed by atoms with Crippen molar-refractivity contribution >= 4 is 10.0 Å². The summed E-state index contributed by atoms with van der Waals surface area (Å²) in [6.07, 6.45) is 2.49. The van der Waals surface area contributed by atoms with Crippen LogP contribution in [0.25, 0.3) is 0 Å². The van der Waals surface area contributed by atoms with Gasteiger partial charge >= 0.3 is 0 Å². The maximum atomic E-state index is 12.6. The number of rotatable bonds is 8. The van der Waals surface area contributed by atoms with Gasteiger partial charge in [0.1, 0.15) is 4.90 Å². The summed E-state index contributed by atoms with van der Waals surface area (Å²) in [4.78, 5) is 2.37. The molecule has 0 aliphatic heterocycles. The molecule has 0 unspecified atom stereocenters. The highest BCUT2D eigenvalue weighted by atomic mass is 32.2. The highest BCUT2D eigenvalue weighted by molar-refractivity contribution is 7.89. The molecule has 0 saturated carbocycles. The van der Waals surface area contributed by atoms with Crippen molar-refractivity contribution in [3.63, 3.8) is 0 Å². The number of aromatic nitrogens is 1. The molecule has 0 aliphatic carbocycles.